The van der Waals surface area contributed by atoms with Crippen LogP contribution in [0.3, 0.4) is 0 Å². The van der Waals surface area contributed by atoms with Crippen LogP contribution in [0.25, 0.3) is 0 Å². The molecule has 7 atom stereocenters. The van der Waals surface area contributed by atoms with E-state index in [0.29, 0.717) is 102 Å². The van der Waals surface area contributed by atoms with Crippen LogP contribution in [0, 0.1) is 47.3 Å². The van der Waals surface area contributed by atoms with E-state index in [4.69, 9.17) is 54.4 Å². The third kappa shape index (κ3) is 41.5. The number of ketones is 5. The van der Waals surface area contributed by atoms with Gasteiger partial charge in [-0.3, -0.25) is 52.6 Å². The number of carbonyl (C=O) groups is 9. The lowest BCUT2D eigenvalue weighted by Gasteiger charge is -2.22. The van der Waals surface area contributed by atoms with E-state index < -0.39 is 22.0 Å². The molecule has 3 amide bonds. The Morgan fingerprint density at radius 3 is 1.43 bits per heavy atom. The number of ether oxygens (including phenoxy) is 3. The summed E-state index contributed by atoms with van der Waals surface area (Å²) in [4.78, 5) is 116. The first-order chi connectivity index (χ1) is 59.1. The molecule has 13 rings (SSSR count). The summed E-state index contributed by atoms with van der Waals surface area (Å²) >= 11 is 3.06. The van der Waals surface area contributed by atoms with Gasteiger partial charge < -0.3 is 75.2 Å². The highest BCUT2D eigenvalue weighted by Gasteiger charge is 2.36. The number of aromatic nitrogens is 4. The van der Waals surface area contributed by atoms with Gasteiger partial charge in [-0.15, -0.1) is 16.1 Å². The van der Waals surface area contributed by atoms with E-state index >= 15 is 0 Å². The van der Waals surface area contributed by atoms with Crippen LogP contribution in [-0.2, 0) is 67.3 Å². The number of hydrogen-bond donors (Lipinski definition) is 13. The van der Waals surface area contributed by atoms with Crippen LogP contribution >= 0.6 is 23.3 Å². The smallest absolute Gasteiger partial charge is 0.335 e. The van der Waals surface area contributed by atoms with Gasteiger partial charge in [0.05, 0.1) is 70.0 Å². The molecule has 13 N–H and O–H groups in total. The average molecular weight is 1880 g/mol. The fourth-order valence-electron chi connectivity index (χ4n) is 11.4. The third-order valence-corrected chi connectivity index (χ3v) is 24.1. The predicted octanol–water partition coefficient (Wildman–Crippen LogP) is 18.3. The summed E-state index contributed by atoms with van der Waals surface area (Å²) in [6.45, 7) is 71.1. The van der Waals surface area contributed by atoms with Crippen molar-refractivity contribution in [2.24, 2.45) is 51.7 Å². The zero-order chi connectivity index (χ0) is 98.7. The number of H-pyrrole nitrogens is 2. The average Bonchev–Trinajstić information content (AvgIpc) is 1.16. The fraction of sp³-hybridized carbons (Fsp3) is 0.558. The van der Waals surface area contributed by atoms with Gasteiger partial charge >= 0.3 is 5.97 Å². The van der Waals surface area contributed by atoms with Crippen molar-refractivity contribution in [1.29, 1.82) is 0 Å². The van der Waals surface area contributed by atoms with Crippen molar-refractivity contribution in [3.63, 3.8) is 0 Å². The molecule has 3 aromatic rings. The van der Waals surface area contributed by atoms with Gasteiger partial charge in [-0.05, 0) is 113 Å². The number of aromatic hydroxyl groups is 1. The number of amides is 3. The largest absolute Gasteiger partial charge is 0.512 e. The Kier molecular flexibility index (Phi) is 53.5. The lowest BCUT2D eigenvalue weighted by molar-refractivity contribution is -0.141. The molecule has 2 fully saturated rings. The second-order valence-corrected chi connectivity index (χ2v) is 39.8. The Morgan fingerprint density at radius 1 is 0.608 bits per heavy atom. The van der Waals surface area contributed by atoms with Crippen LogP contribution in [0.1, 0.15) is 262 Å². The van der Waals surface area contributed by atoms with E-state index in [1.54, 1.807) is 55.8 Å². The van der Waals surface area contributed by atoms with Crippen LogP contribution in [0.2, 0.25) is 0 Å². The number of furan rings is 1. The van der Waals surface area contributed by atoms with Gasteiger partial charge in [0.15, 0.2) is 52.7 Å². The molecule has 730 valence electrons. The number of hydrogen-bond acceptors (Lipinski definition) is 28. The van der Waals surface area contributed by atoms with Crippen molar-refractivity contribution in [3.8, 4) is 5.75 Å². The van der Waals surface area contributed by atoms with E-state index in [9.17, 15) is 52.2 Å². The molecule has 0 bridgehead atoms. The minimum Gasteiger partial charge on any atom is -0.512 e. The number of nitrogens with one attached hydrogen (secondary N) is 6. The third-order valence-electron chi connectivity index (χ3n) is 19.1. The van der Waals surface area contributed by atoms with Gasteiger partial charge in [-0.2, -0.15) is 5.10 Å². The van der Waals surface area contributed by atoms with Gasteiger partial charge in [-0.25, -0.2) is 18.7 Å². The molecule has 35 heteroatoms. The highest BCUT2D eigenvalue weighted by molar-refractivity contribution is 8.04. The lowest BCUT2D eigenvalue weighted by atomic mass is 9.82. The summed E-state index contributed by atoms with van der Waals surface area (Å²) < 4.78 is 40.4. The Balaban J connectivity index is 0. The fourth-order valence-corrected chi connectivity index (χ4v) is 14.8. The molecule has 7 aliphatic heterocycles. The molecule has 3 aliphatic carbocycles. The summed E-state index contributed by atoms with van der Waals surface area (Å²) in [5, 5.41) is 78.2. The molecule has 10 aliphatic rings. The van der Waals surface area contributed by atoms with Crippen molar-refractivity contribution >= 4 is 85.8 Å². The molecular weight excluding hydrogens is 1730 g/mol. The predicted molar refractivity (Wildman–Crippen MR) is 515 cm³/mol. The number of aliphatic hydroxyl groups excluding tert-OH is 6. The molecule has 0 spiro atoms. The van der Waals surface area contributed by atoms with Crippen LogP contribution in [-0.4, -0.2) is 170 Å². The summed E-state index contributed by atoms with van der Waals surface area (Å²) in [5.41, 5.74) is 2.38. The number of cyclic esters (lactones) is 1. The van der Waals surface area contributed by atoms with Crippen LogP contribution in [0.4, 0.5) is 0 Å². The molecular formula is C95H150N10O22S3. The van der Waals surface area contributed by atoms with Gasteiger partial charge in [0.25, 0.3) is 17.4 Å². The maximum absolute atomic E-state index is 11.6. The Bertz CT molecular complexity index is 4680. The Labute approximate surface area is 778 Å². The number of aromatic amines is 2. The number of nitrogens with zero attached hydrogens (tertiary/aromatic N) is 4. The van der Waals surface area contributed by atoms with Crippen molar-refractivity contribution in [2.75, 3.05) is 6.54 Å². The van der Waals surface area contributed by atoms with Gasteiger partial charge in [0, 0.05) is 84.0 Å². The normalized spacial score (nSPS) is 20.8. The van der Waals surface area contributed by atoms with E-state index in [1.807, 2.05) is 96.9 Å². The monoisotopic (exact) mass is 1880 g/mol. The van der Waals surface area contributed by atoms with Crippen molar-refractivity contribution < 1.29 is 102 Å². The zero-order valence-corrected chi connectivity index (χ0v) is 82.0. The second kappa shape index (κ2) is 57.4. The summed E-state index contributed by atoms with van der Waals surface area (Å²) in [6, 6.07) is 3.05. The SMILES string of the molecule is C.C.C=C1C(=O)C(C(C)C)=C1O.C=C1C(=O)C(NC(C)C)=C1O.C=C1CC(=O)C(C(C)C)O1.C=C1CC(=O)C(C(C)C)S1.C=C1NC(C(C)C)=CO1.CC(C)C1CC(=O)C=C(O)C1.CC(C)C1NC(=O)C=C1O.CC(C)C1OC(=O)C=C1O.CC(C)N1CC(O)=CC1=O.CC(C)c1cc(=O)[nH]s1.CC(C)c1cc(O)co1.CC(C)c1ncn[nH]1.CC1NS(=O)(C(C)C)=NC1=O. The van der Waals surface area contributed by atoms with Gasteiger partial charge in [0.1, 0.15) is 69.1 Å². The number of Topliss-reactive ketones (excluding diaryl/α,β-unsaturated/α-hetero) is 4. The quantitative estimate of drug-likeness (QED) is 0.0526. The van der Waals surface area contributed by atoms with E-state index in [0.717, 1.165) is 33.1 Å². The molecule has 7 unspecified atom stereocenters. The van der Waals surface area contributed by atoms with Crippen LogP contribution < -0.4 is 26.2 Å². The number of allylic oxidation sites excluding steroid dienone is 9. The first-order valence-electron chi connectivity index (χ1n) is 42.6. The molecule has 10 heterocycles. The topological polar surface area (TPSA) is 491 Å². The lowest BCUT2D eigenvalue weighted by Crippen LogP contribution is -2.35. The molecule has 2 saturated heterocycles. The van der Waals surface area contributed by atoms with Crippen molar-refractivity contribution in [2.45, 2.75) is 292 Å². The molecule has 130 heavy (non-hydrogen) atoms. The van der Waals surface area contributed by atoms with E-state index in [2.05, 4.69) is 147 Å². The highest BCUT2D eigenvalue weighted by atomic mass is 32.2. The molecule has 0 saturated carbocycles. The number of thioether (sulfide) groups is 1. The maximum Gasteiger partial charge on any atom is 0.335 e. The van der Waals surface area contributed by atoms with Crippen molar-refractivity contribution in [1.82, 2.24) is 45.1 Å². The molecule has 3 aromatic heterocycles. The van der Waals surface area contributed by atoms with E-state index in [-0.39, 0.29) is 177 Å². The summed E-state index contributed by atoms with van der Waals surface area (Å²) in [6.07, 6.45) is 11.1. The van der Waals surface area contributed by atoms with Gasteiger partial charge in [0.2, 0.25) is 11.7 Å². The highest BCUT2D eigenvalue weighted by Crippen LogP contribution is 2.37. The Morgan fingerprint density at radius 2 is 1.19 bits per heavy atom. The van der Waals surface area contributed by atoms with Crippen LogP contribution in [0.15, 0.2) is 181 Å². The van der Waals surface area contributed by atoms with Gasteiger partial charge in [-0.1, -0.05) is 191 Å². The van der Waals surface area contributed by atoms with E-state index in [1.165, 1.54) is 42.4 Å². The first-order valence-corrected chi connectivity index (χ1v) is 45.9. The summed E-state index contributed by atoms with van der Waals surface area (Å²) in [7, 11) is -2.44. The van der Waals surface area contributed by atoms with Crippen molar-refractivity contribution in [3.05, 3.63) is 194 Å². The molecule has 0 radical (unpaired) electrons. The standard InChI is InChI=1S/C9H14O2.C8H11NO2.C8H12O2.C8H10O2.C8H12OS.2C7H11NO2.C7H11NO.C7H10O3.C7H10O2.C6H12N2O2S.C6H9NOS.C5H9N3.2CH4/c1-6(2)7-3-8(10)5-9(11)4-7;1-4(2)9-6-7(10)5(3)8(6)11;1-5(2)8-7(9)4-6(3)10-8;1-4(2)6-7(9)5(3)8(6)10;1-5(2)8-7(9)4-6(3)10-8;1-5(2)8-4-6(9)3-7(8)10;1-4(2)7-5(9)3-6(10)8-7;1-5(2)7-4-9-6(3)8-7;1-4(2)7-5(8)3-6(9)10-7;1-5(2)7-3-6(8)4-9-7;1-4(2)11(10)7-5(3)6(9)8-11;1-4(2)5-3-6(8)7-9-5;1-4(2)5-6-3-7-8-5;;/h5-7,10H,3-4H2,1-2H3;4,9-10H,3H2,1-2H3;5,8H,3-4H2,1-2H3;4,9H,3H2,1-2H3;5,8H,3-4H2,1-2H3;3,5,9H,4H2,1-2H3;3-4,7,9H,1-2H3,(H,8,10);4-5,8H,3H2,1-2H3;3-4,7-8H,1-2H3;3-5,8H,1-2H3;4-5H,1-3H3,(H,7,8,9,10);3-4H,1-2H3,(H,7,8);3-4H,1-2H3,(H,6,7,8);2*1H4. The molecule has 0 aromatic carbocycles. The molecule has 32 nitrogen and oxygen atoms in total. The Hall–Kier alpha value is -10.8. The number of aliphatic hydroxyl groups is 6. The summed E-state index contributed by atoms with van der Waals surface area (Å²) in [5.74, 6) is 7.02. The number of carbonyl (C=O) groups excluding carboxylic acids is 9. The first kappa shape index (κ1) is 121. The maximum atomic E-state index is 11.6. The zero-order valence-electron chi connectivity index (χ0n) is 79.5. The minimum atomic E-state index is -2.44. The minimum absolute atomic E-state index is 0. The second-order valence-electron chi connectivity index (χ2n) is 35.1. The van der Waals surface area contributed by atoms with Crippen LogP contribution in [0.5, 0.6) is 5.75 Å². The number of rotatable bonds is 14. The number of esters is 1.